The fourth-order valence-electron chi connectivity index (χ4n) is 2.11. The van der Waals surface area contributed by atoms with Gasteiger partial charge in [0, 0.05) is 36.7 Å². The van der Waals surface area contributed by atoms with Crippen molar-refractivity contribution in [3.05, 3.63) is 42.7 Å². The molecule has 1 aromatic carbocycles. The Morgan fingerprint density at radius 1 is 1.00 bits per heavy atom. The summed E-state index contributed by atoms with van der Waals surface area (Å²) in [5.41, 5.74) is 2.27. The Hall–Kier alpha value is -1.94. The first-order chi connectivity index (χ1) is 10.7. The predicted octanol–water partition coefficient (Wildman–Crippen LogP) is 3.64. The maximum absolute atomic E-state index is 5.37. The van der Waals surface area contributed by atoms with Crippen molar-refractivity contribution in [3.63, 3.8) is 0 Å². The van der Waals surface area contributed by atoms with Crippen molar-refractivity contribution < 1.29 is 4.74 Å². The van der Waals surface area contributed by atoms with Gasteiger partial charge in [0.2, 0.25) is 0 Å². The molecule has 0 aliphatic carbocycles. The molecule has 0 amide bonds. The Balaban J connectivity index is 0.000000396. The highest BCUT2D eigenvalue weighted by Crippen LogP contribution is 2.22. The van der Waals surface area contributed by atoms with Crippen LogP contribution in [-0.2, 0) is 4.74 Å². The van der Waals surface area contributed by atoms with E-state index in [2.05, 4.69) is 53.8 Å². The van der Waals surface area contributed by atoms with Crippen molar-refractivity contribution in [2.45, 2.75) is 20.8 Å². The molecule has 118 valence electrons. The normalized spacial score (nSPS) is 14.5. The van der Waals surface area contributed by atoms with Gasteiger partial charge in [-0.2, -0.15) is 0 Å². The fraction of sp³-hybridized carbons (Fsp3) is 0.444. The number of morpholine rings is 1. The Bertz CT molecular complexity index is 549. The van der Waals surface area contributed by atoms with Gasteiger partial charge in [-0.3, -0.25) is 0 Å². The standard InChI is InChI=1S/C14H15N3O.C4H10/c1-3-12(14-15-5-2-6-16-14)11-13(4-1)17-7-9-18-10-8-17;1-4(2)3/h1-6,11H,7-10H2;4H,1-3H3. The lowest BCUT2D eigenvalue weighted by molar-refractivity contribution is 0.122. The predicted molar refractivity (Wildman–Crippen MR) is 91.0 cm³/mol. The van der Waals surface area contributed by atoms with E-state index >= 15 is 0 Å². The average Bonchev–Trinajstić information content (AvgIpc) is 2.56. The summed E-state index contributed by atoms with van der Waals surface area (Å²) in [5.74, 6) is 1.60. The summed E-state index contributed by atoms with van der Waals surface area (Å²) in [6.07, 6.45) is 3.54. The molecular weight excluding hydrogens is 274 g/mol. The third-order valence-electron chi connectivity index (χ3n) is 3.05. The Labute approximate surface area is 133 Å². The topological polar surface area (TPSA) is 38.2 Å². The molecule has 2 heterocycles. The smallest absolute Gasteiger partial charge is 0.159 e. The lowest BCUT2D eigenvalue weighted by Gasteiger charge is -2.29. The largest absolute Gasteiger partial charge is 0.378 e. The van der Waals surface area contributed by atoms with E-state index in [0.29, 0.717) is 0 Å². The minimum Gasteiger partial charge on any atom is -0.378 e. The van der Waals surface area contributed by atoms with Gasteiger partial charge in [0.05, 0.1) is 13.2 Å². The van der Waals surface area contributed by atoms with E-state index in [4.69, 9.17) is 4.74 Å². The highest BCUT2D eigenvalue weighted by Gasteiger charge is 2.11. The molecule has 1 aliphatic rings. The minimum atomic E-state index is 0.771. The summed E-state index contributed by atoms with van der Waals surface area (Å²) in [5, 5.41) is 0. The second-order valence-corrected chi connectivity index (χ2v) is 5.95. The van der Waals surface area contributed by atoms with E-state index in [-0.39, 0.29) is 0 Å². The van der Waals surface area contributed by atoms with Crippen molar-refractivity contribution in [3.8, 4) is 11.4 Å². The number of nitrogens with zero attached hydrogens (tertiary/aromatic N) is 3. The first kappa shape index (κ1) is 16.4. The van der Waals surface area contributed by atoms with Gasteiger partial charge >= 0.3 is 0 Å². The number of hydrogen-bond acceptors (Lipinski definition) is 4. The van der Waals surface area contributed by atoms with Gasteiger partial charge in [-0.1, -0.05) is 32.9 Å². The number of benzene rings is 1. The van der Waals surface area contributed by atoms with E-state index in [1.807, 2.05) is 12.1 Å². The summed E-state index contributed by atoms with van der Waals surface area (Å²) < 4.78 is 5.37. The zero-order valence-corrected chi connectivity index (χ0v) is 13.7. The van der Waals surface area contributed by atoms with Crippen LogP contribution >= 0.6 is 0 Å². The number of anilines is 1. The van der Waals surface area contributed by atoms with Crippen LogP contribution in [0.4, 0.5) is 5.69 Å². The lowest BCUT2D eigenvalue weighted by atomic mass is 10.1. The van der Waals surface area contributed by atoms with Crippen LogP contribution in [0.5, 0.6) is 0 Å². The molecule has 1 saturated heterocycles. The molecule has 0 atom stereocenters. The quantitative estimate of drug-likeness (QED) is 0.848. The van der Waals surface area contributed by atoms with Crippen molar-refractivity contribution in [1.29, 1.82) is 0 Å². The zero-order chi connectivity index (χ0) is 15.8. The molecule has 1 aromatic heterocycles. The minimum absolute atomic E-state index is 0.771. The van der Waals surface area contributed by atoms with E-state index in [0.717, 1.165) is 43.6 Å². The van der Waals surface area contributed by atoms with Crippen LogP contribution in [0, 0.1) is 5.92 Å². The summed E-state index contributed by atoms with van der Waals surface area (Å²) in [6, 6.07) is 10.2. The van der Waals surface area contributed by atoms with Crippen molar-refractivity contribution in [2.24, 2.45) is 5.92 Å². The van der Waals surface area contributed by atoms with Crippen LogP contribution in [0.2, 0.25) is 0 Å². The molecule has 1 aliphatic heterocycles. The molecule has 22 heavy (non-hydrogen) atoms. The van der Waals surface area contributed by atoms with Crippen molar-refractivity contribution in [1.82, 2.24) is 9.97 Å². The summed E-state index contributed by atoms with van der Waals surface area (Å²) in [7, 11) is 0. The summed E-state index contributed by atoms with van der Waals surface area (Å²) in [4.78, 5) is 10.9. The van der Waals surface area contributed by atoms with Crippen LogP contribution in [0.25, 0.3) is 11.4 Å². The highest BCUT2D eigenvalue weighted by molar-refractivity contribution is 5.63. The van der Waals surface area contributed by atoms with Gasteiger partial charge in [0.1, 0.15) is 0 Å². The number of rotatable bonds is 2. The van der Waals surface area contributed by atoms with Crippen molar-refractivity contribution in [2.75, 3.05) is 31.2 Å². The SMILES string of the molecule is CC(C)C.c1cnc(-c2cccc(N3CCOCC3)c2)nc1. The summed E-state index contributed by atoms with van der Waals surface area (Å²) in [6.45, 7) is 9.98. The fourth-order valence-corrected chi connectivity index (χ4v) is 2.11. The molecule has 0 spiro atoms. The van der Waals surface area contributed by atoms with Crippen LogP contribution in [0.1, 0.15) is 20.8 Å². The average molecular weight is 299 g/mol. The van der Waals surface area contributed by atoms with Gasteiger partial charge in [0.15, 0.2) is 5.82 Å². The molecule has 0 radical (unpaired) electrons. The third-order valence-corrected chi connectivity index (χ3v) is 3.05. The molecule has 4 heteroatoms. The molecule has 0 N–H and O–H groups in total. The van der Waals surface area contributed by atoms with Crippen LogP contribution in [0.15, 0.2) is 42.7 Å². The Morgan fingerprint density at radius 2 is 1.64 bits per heavy atom. The Kier molecular flexibility index (Phi) is 6.34. The molecule has 1 fully saturated rings. The second-order valence-electron chi connectivity index (χ2n) is 5.95. The first-order valence-electron chi connectivity index (χ1n) is 7.87. The van der Waals surface area contributed by atoms with E-state index in [1.165, 1.54) is 5.69 Å². The maximum Gasteiger partial charge on any atom is 0.159 e. The van der Waals surface area contributed by atoms with Crippen LogP contribution in [0.3, 0.4) is 0 Å². The number of hydrogen-bond donors (Lipinski definition) is 0. The van der Waals surface area contributed by atoms with E-state index < -0.39 is 0 Å². The van der Waals surface area contributed by atoms with Crippen LogP contribution < -0.4 is 4.90 Å². The van der Waals surface area contributed by atoms with Crippen molar-refractivity contribution >= 4 is 5.69 Å². The second kappa shape index (κ2) is 8.49. The molecule has 4 nitrogen and oxygen atoms in total. The molecule has 0 unspecified atom stereocenters. The van der Waals surface area contributed by atoms with Gasteiger partial charge in [-0.25, -0.2) is 9.97 Å². The number of aromatic nitrogens is 2. The van der Waals surface area contributed by atoms with Crippen LogP contribution in [-0.4, -0.2) is 36.3 Å². The van der Waals surface area contributed by atoms with E-state index in [9.17, 15) is 0 Å². The molecule has 0 bridgehead atoms. The van der Waals surface area contributed by atoms with E-state index in [1.54, 1.807) is 12.4 Å². The van der Waals surface area contributed by atoms with Gasteiger partial charge in [-0.15, -0.1) is 0 Å². The van der Waals surface area contributed by atoms with Gasteiger partial charge < -0.3 is 9.64 Å². The third kappa shape index (κ3) is 5.11. The highest BCUT2D eigenvalue weighted by atomic mass is 16.5. The molecule has 3 rings (SSSR count). The maximum atomic E-state index is 5.37. The van der Waals surface area contributed by atoms with Gasteiger partial charge in [0.25, 0.3) is 0 Å². The molecular formula is C18H25N3O. The monoisotopic (exact) mass is 299 g/mol. The zero-order valence-electron chi connectivity index (χ0n) is 13.7. The molecule has 0 saturated carbocycles. The number of ether oxygens (including phenoxy) is 1. The van der Waals surface area contributed by atoms with Gasteiger partial charge in [-0.05, 0) is 24.1 Å². The summed E-state index contributed by atoms with van der Waals surface area (Å²) >= 11 is 0. The molecule has 2 aromatic rings. The lowest BCUT2D eigenvalue weighted by Crippen LogP contribution is -2.36. The first-order valence-corrected chi connectivity index (χ1v) is 7.87. The Morgan fingerprint density at radius 3 is 2.27 bits per heavy atom.